The lowest BCUT2D eigenvalue weighted by atomic mass is 9.98. The van der Waals surface area contributed by atoms with Crippen LogP contribution in [0.15, 0.2) is 47.4 Å². The summed E-state index contributed by atoms with van der Waals surface area (Å²) in [5.74, 6) is -0.625. The zero-order valence-electron chi connectivity index (χ0n) is 20.1. The van der Waals surface area contributed by atoms with Crippen LogP contribution < -0.4 is 5.32 Å². The second-order valence-electron chi connectivity index (χ2n) is 8.14. The minimum absolute atomic E-state index is 0.0943. The van der Waals surface area contributed by atoms with Crippen LogP contribution in [-0.4, -0.2) is 44.3 Å². The van der Waals surface area contributed by atoms with Crippen LogP contribution in [0.5, 0.6) is 0 Å². The van der Waals surface area contributed by atoms with Crippen LogP contribution in [0.3, 0.4) is 0 Å². The van der Waals surface area contributed by atoms with Crippen molar-refractivity contribution in [1.29, 1.82) is 0 Å². The Balaban J connectivity index is 1.87. The van der Waals surface area contributed by atoms with Gasteiger partial charge in [-0.05, 0) is 48.1 Å². The van der Waals surface area contributed by atoms with Gasteiger partial charge in [0.15, 0.2) is 6.61 Å². The summed E-state index contributed by atoms with van der Waals surface area (Å²) in [4.78, 5) is 24.6. The van der Waals surface area contributed by atoms with Crippen molar-refractivity contribution in [3.63, 3.8) is 0 Å². The van der Waals surface area contributed by atoms with Gasteiger partial charge in [-0.2, -0.15) is 4.31 Å². The first-order valence-electron chi connectivity index (χ1n) is 11.2. The van der Waals surface area contributed by atoms with E-state index >= 15 is 0 Å². The summed E-state index contributed by atoms with van der Waals surface area (Å²) in [6.45, 7) is 10.1. The number of esters is 1. The van der Waals surface area contributed by atoms with E-state index in [1.807, 2.05) is 25.1 Å². The molecule has 0 heterocycles. The summed E-state index contributed by atoms with van der Waals surface area (Å²) < 4.78 is 31.6. The van der Waals surface area contributed by atoms with Gasteiger partial charge in [-0.3, -0.25) is 9.59 Å². The van der Waals surface area contributed by atoms with Gasteiger partial charge in [0.1, 0.15) is 0 Å². The number of anilines is 1. The van der Waals surface area contributed by atoms with Gasteiger partial charge in [0.25, 0.3) is 5.91 Å². The average Bonchev–Trinajstić information content (AvgIpc) is 2.78. The standard InChI is InChI=1S/C25H34N2O5S/c1-6-27(7-2)33(30,31)21-14-11-20(12-15-21)13-16-24(29)32-17-23(28)26-25-19(5)9-8-10-22(25)18(3)4/h8-12,14-15,18H,6-7,13,16-17H2,1-5H3,(H,26,28). The highest BCUT2D eigenvalue weighted by Gasteiger charge is 2.21. The molecule has 0 aliphatic rings. The first-order chi connectivity index (χ1) is 15.6. The molecule has 2 aromatic rings. The SMILES string of the molecule is CCN(CC)S(=O)(=O)c1ccc(CCC(=O)OCC(=O)Nc2c(C)cccc2C(C)C)cc1. The molecule has 0 saturated heterocycles. The Labute approximate surface area is 197 Å². The van der Waals surface area contributed by atoms with Gasteiger partial charge in [-0.15, -0.1) is 0 Å². The van der Waals surface area contributed by atoms with Gasteiger partial charge < -0.3 is 10.1 Å². The average molecular weight is 475 g/mol. The Kier molecular flexibility index (Phi) is 9.61. The van der Waals surface area contributed by atoms with Gasteiger partial charge in [0.2, 0.25) is 10.0 Å². The van der Waals surface area contributed by atoms with E-state index < -0.39 is 16.0 Å². The third-order valence-electron chi connectivity index (χ3n) is 5.44. The van der Waals surface area contributed by atoms with E-state index in [0.29, 0.717) is 19.5 Å². The van der Waals surface area contributed by atoms with Crippen molar-refractivity contribution in [2.45, 2.75) is 58.3 Å². The van der Waals surface area contributed by atoms with E-state index in [4.69, 9.17) is 4.74 Å². The molecule has 0 aliphatic carbocycles. The van der Waals surface area contributed by atoms with Crippen molar-refractivity contribution in [2.75, 3.05) is 25.0 Å². The third-order valence-corrected chi connectivity index (χ3v) is 7.50. The topological polar surface area (TPSA) is 92.8 Å². The zero-order chi connectivity index (χ0) is 24.6. The van der Waals surface area contributed by atoms with Crippen LogP contribution in [0, 0.1) is 6.92 Å². The molecular formula is C25H34N2O5S. The van der Waals surface area contributed by atoms with E-state index in [1.54, 1.807) is 38.1 Å². The van der Waals surface area contributed by atoms with Gasteiger partial charge in [-0.1, -0.05) is 58.0 Å². The minimum atomic E-state index is -3.51. The number of nitrogens with one attached hydrogen (secondary N) is 1. The first-order valence-corrected chi connectivity index (χ1v) is 12.7. The van der Waals surface area contributed by atoms with Gasteiger partial charge in [-0.25, -0.2) is 8.42 Å². The highest BCUT2D eigenvalue weighted by atomic mass is 32.2. The second-order valence-corrected chi connectivity index (χ2v) is 10.1. The highest BCUT2D eigenvalue weighted by molar-refractivity contribution is 7.89. The third kappa shape index (κ3) is 7.14. The number of hydrogen-bond donors (Lipinski definition) is 1. The molecule has 0 unspecified atom stereocenters. The Bertz CT molecular complexity index is 1060. The predicted molar refractivity (Wildman–Crippen MR) is 130 cm³/mol. The fourth-order valence-corrected chi connectivity index (χ4v) is 4.98. The smallest absolute Gasteiger partial charge is 0.306 e. The zero-order valence-corrected chi connectivity index (χ0v) is 20.9. The fourth-order valence-electron chi connectivity index (χ4n) is 3.52. The van der Waals surface area contributed by atoms with E-state index in [-0.39, 0.29) is 29.7 Å². The summed E-state index contributed by atoms with van der Waals surface area (Å²) >= 11 is 0. The minimum Gasteiger partial charge on any atom is -0.456 e. The van der Waals surface area contributed by atoms with Gasteiger partial charge in [0.05, 0.1) is 4.90 Å². The maximum atomic E-state index is 12.5. The Hall–Kier alpha value is -2.71. The monoisotopic (exact) mass is 474 g/mol. The number of amides is 1. The molecule has 33 heavy (non-hydrogen) atoms. The number of benzene rings is 2. The lowest BCUT2D eigenvalue weighted by molar-refractivity contribution is -0.147. The number of carbonyl (C=O) groups is 2. The molecule has 0 atom stereocenters. The van der Waals surface area contributed by atoms with Crippen LogP contribution in [0.25, 0.3) is 0 Å². The largest absolute Gasteiger partial charge is 0.456 e. The van der Waals surface area contributed by atoms with Crippen LogP contribution in [0.4, 0.5) is 5.69 Å². The number of para-hydroxylation sites is 1. The number of hydrogen-bond acceptors (Lipinski definition) is 5. The molecule has 7 nitrogen and oxygen atoms in total. The molecule has 2 rings (SSSR count). The van der Waals surface area contributed by atoms with Crippen LogP contribution in [-0.2, 0) is 30.8 Å². The Morgan fingerprint density at radius 3 is 2.24 bits per heavy atom. The molecule has 2 aromatic carbocycles. The van der Waals surface area contributed by atoms with E-state index in [2.05, 4.69) is 19.2 Å². The molecule has 0 fully saturated rings. The lowest BCUT2D eigenvalue weighted by Crippen LogP contribution is -2.30. The quantitative estimate of drug-likeness (QED) is 0.491. The maximum Gasteiger partial charge on any atom is 0.306 e. The summed E-state index contributed by atoms with van der Waals surface area (Å²) in [5, 5.41) is 2.85. The Morgan fingerprint density at radius 1 is 1.03 bits per heavy atom. The summed E-state index contributed by atoms with van der Waals surface area (Å²) in [5.41, 5.74) is 3.55. The van der Waals surface area contributed by atoms with Crippen LogP contribution in [0.1, 0.15) is 56.7 Å². The molecule has 0 bridgehead atoms. The number of rotatable bonds is 11. The van der Waals surface area contributed by atoms with Crippen molar-refractivity contribution in [3.8, 4) is 0 Å². The fraction of sp³-hybridized carbons (Fsp3) is 0.440. The van der Waals surface area contributed by atoms with Crippen LogP contribution >= 0.6 is 0 Å². The lowest BCUT2D eigenvalue weighted by Gasteiger charge is -2.18. The van der Waals surface area contributed by atoms with E-state index in [0.717, 1.165) is 22.4 Å². The molecule has 0 aliphatic heterocycles. The molecule has 8 heteroatoms. The number of nitrogens with zero attached hydrogens (tertiary/aromatic N) is 1. The summed E-state index contributed by atoms with van der Waals surface area (Å²) in [6.07, 6.45) is 0.484. The molecule has 1 amide bonds. The normalized spacial score (nSPS) is 11.6. The molecule has 0 saturated carbocycles. The number of ether oxygens (including phenoxy) is 1. The summed E-state index contributed by atoms with van der Waals surface area (Å²) in [7, 11) is -3.51. The summed E-state index contributed by atoms with van der Waals surface area (Å²) in [6, 6.07) is 12.3. The molecule has 180 valence electrons. The van der Waals surface area contributed by atoms with Crippen LogP contribution in [0.2, 0.25) is 0 Å². The molecule has 0 aromatic heterocycles. The predicted octanol–water partition coefficient (Wildman–Crippen LogP) is 4.26. The van der Waals surface area contributed by atoms with Crippen molar-refractivity contribution in [3.05, 3.63) is 59.2 Å². The molecule has 1 N–H and O–H groups in total. The van der Waals surface area contributed by atoms with Gasteiger partial charge >= 0.3 is 5.97 Å². The van der Waals surface area contributed by atoms with Gasteiger partial charge in [0, 0.05) is 25.2 Å². The Morgan fingerprint density at radius 2 is 1.67 bits per heavy atom. The number of carbonyl (C=O) groups excluding carboxylic acids is 2. The van der Waals surface area contributed by atoms with Crippen molar-refractivity contribution in [2.24, 2.45) is 0 Å². The molecular weight excluding hydrogens is 440 g/mol. The number of aryl methyl sites for hydroxylation is 2. The second kappa shape index (κ2) is 12.0. The maximum absolute atomic E-state index is 12.5. The molecule has 0 radical (unpaired) electrons. The van der Waals surface area contributed by atoms with E-state index in [1.165, 1.54) is 4.31 Å². The molecule has 0 spiro atoms. The van der Waals surface area contributed by atoms with Crippen molar-refractivity contribution >= 4 is 27.6 Å². The highest BCUT2D eigenvalue weighted by Crippen LogP contribution is 2.27. The van der Waals surface area contributed by atoms with Crippen molar-refractivity contribution in [1.82, 2.24) is 4.31 Å². The first kappa shape index (κ1) is 26.5. The van der Waals surface area contributed by atoms with Crippen molar-refractivity contribution < 1.29 is 22.7 Å². The van der Waals surface area contributed by atoms with E-state index in [9.17, 15) is 18.0 Å². The number of sulfonamides is 1.